The maximum atomic E-state index is 10.5. The van der Waals surface area contributed by atoms with Gasteiger partial charge in [-0.15, -0.1) is 0 Å². The number of nitrogens with zero attached hydrogens (tertiary/aromatic N) is 1. The highest BCUT2D eigenvalue weighted by atomic mass is 16.2. The first-order chi connectivity index (χ1) is 5.63. The van der Waals surface area contributed by atoms with Crippen LogP contribution < -0.4 is 5.32 Å². The molecule has 0 aromatic rings. The van der Waals surface area contributed by atoms with Crippen LogP contribution in [0.4, 0.5) is 0 Å². The van der Waals surface area contributed by atoms with Gasteiger partial charge < -0.3 is 5.32 Å². The molecule has 0 aromatic carbocycles. The standard InChI is InChI=1S/C9H18N2O/c1-9(12)10-7-5-4-6-8-11(2)3/h8H,4-7H2,1-3H3/p+1/i4+1,5+1,7+1,9+1. The van der Waals surface area contributed by atoms with E-state index in [2.05, 4.69) is 16.1 Å². The first-order valence-electron chi connectivity index (χ1n) is 4.37. The predicted molar refractivity (Wildman–Crippen MR) is 50.7 cm³/mol. The van der Waals surface area contributed by atoms with Crippen molar-refractivity contribution in [1.29, 1.82) is 0 Å². The molecule has 0 aliphatic carbocycles. The lowest BCUT2D eigenvalue weighted by Crippen LogP contribution is -2.20. The zero-order valence-corrected chi connectivity index (χ0v) is 8.26. The van der Waals surface area contributed by atoms with Crippen LogP contribution in [0.2, 0.25) is 0 Å². The summed E-state index contributed by atoms with van der Waals surface area (Å²) in [5.74, 6) is 0.0617. The Morgan fingerprint density at radius 3 is 2.58 bits per heavy atom. The van der Waals surface area contributed by atoms with Gasteiger partial charge in [-0.3, -0.25) is 4.79 Å². The number of hydrogen-bond acceptors (Lipinski definition) is 1. The monoisotopic (exact) mass is 175 g/mol. The summed E-state index contributed by atoms with van der Waals surface area (Å²) in [5.41, 5.74) is 0. The average Bonchev–Trinajstić information content (AvgIpc) is 1.95. The normalized spacial score (nSPS) is 9.25. The van der Waals surface area contributed by atoms with Crippen LogP contribution in [0.1, 0.15) is 26.2 Å². The lowest BCUT2D eigenvalue weighted by molar-refractivity contribution is -0.460. The van der Waals surface area contributed by atoms with E-state index in [0.29, 0.717) is 0 Å². The number of rotatable bonds is 5. The summed E-state index contributed by atoms with van der Waals surface area (Å²) in [7, 11) is 4.04. The highest BCUT2D eigenvalue weighted by molar-refractivity contribution is 5.72. The van der Waals surface area contributed by atoms with Gasteiger partial charge in [-0.2, -0.15) is 0 Å². The smallest absolute Gasteiger partial charge is 0.216 e. The van der Waals surface area contributed by atoms with Crippen molar-refractivity contribution in [2.75, 3.05) is 20.6 Å². The molecule has 3 nitrogen and oxygen atoms in total. The highest BCUT2D eigenvalue weighted by Gasteiger charge is 1.91. The number of carbonyl (C=O) groups excluding carboxylic acids is 1. The van der Waals surface area contributed by atoms with E-state index in [1.54, 1.807) is 6.92 Å². The summed E-state index contributed by atoms with van der Waals surface area (Å²) < 4.78 is 2.05. The Balaban J connectivity index is 3.11. The number of carbonyl (C=O) groups is 1. The van der Waals surface area contributed by atoms with Crippen molar-refractivity contribution in [3.8, 4) is 0 Å². The van der Waals surface area contributed by atoms with Crippen molar-refractivity contribution in [3.63, 3.8) is 0 Å². The largest absolute Gasteiger partial charge is 0.356 e. The minimum atomic E-state index is 0.0617. The summed E-state index contributed by atoms with van der Waals surface area (Å²) in [5, 5.41) is 2.77. The molecule has 0 bridgehead atoms. The van der Waals surface area contributed by atoms with Crippen LogP contribution in [-0.2, 0) is 4.79 Å². The van der Waals surface area contributed by atoms with Gasteiger partial charge in [-0.25, -0.2) is 4.58 Å². The minimum Gasteiger partial charge on any atom is -0.356 e. The highest BCUT2D eigenvalue weighted by Crippen LogP contribution is 1.90. The van der Waals surface area contributed by atoms with Gasteiger partial charge in [-0.05, 0) is 12.8 Å². The SMILES string of the molecule is C[13C](=O)N[13CH2][13CH2][13CH2]CC=[N+](C)C. The molecule has 0 aliphatic rings. The molecule has 0 spiro atoms. The molecule has 0 rings (SSSR count). The summed E-state index contributed by atoms with van der Waals surface area (Å²) in [4.78, 5) is 10.5. The predicted octanol–water partition coefficient (Wildman–Crippen LogP) is 0.636. The fourth-order valence-corrected chi connectivity index (χ4v) is 0.883. The van der Waals surface area contributed by atoms with Crippen molar-refractivity contribution >= 4 is 12.1 Å². The molecule has 0 saturated carbocycles. The summed E-state index contributed by atoms with van der Waals surface area (Å²) in [6, 6.07) is 0. The molecule has 0 unspecified atom stereocenters. The Bertz CT molecular complexity index is 160. The second kappa shape index (κ2) is 6.83. The van der Waals surface area contributed by atoms with Gasteiger partial charge in [0.2, 0.25) is 5.91 Å². The molecule has 0 aliphatic heterocycles. The third-order valence-corrected chi connectivity index (χ3v) is 1.50. The maximum Gasteiger partial charge on any atom is 0.216 e. The lowest BCUT2D eigenvalue weighted by atomic mass is 10.6. The Labute approximate surface area is 74.5 Å². The van der Waals surface area contributed by atoms with Gasteiger partial charge in [0.05, 0.1) is 0 Å². The van der Waals surface area contributed by atoms with Crippen LogP contribution in [0.3, 0.4) is 0 Å². The van der Waals surface area contributed by atoms with Crippen LogP contribution in [0.25, 0.3) is 0 Å². The molecule has 0 heterocycles. The molecule has 70 valence electrons. The van der Waals surface area contributed by atoms with Crippen LogP contribution in [-0.4, -0.2) is 37.3 Å². The first-order valence-corrected chi connectivity index (χ1v) is 4.37. The van der Waals surface area contributed by atoms with E-state index in [-0.39, 0.29) is 5.91 Å². The summed E-state index contributed by atoms with van der Waals surface area (Å²) >= 11 is 0. The maximum absolute atomic E-state index is 10.5. The van der Waals surface area contributed by atoms with E-state index in [4.69, 9.17) is 0 Å². The third kappa shape index (κ3) is 9.14. The molecule has 0 aromatic heterocycles. The first kappa shape index (κ1) is 11.1. The Hall–Kier alpha value is -0.860. The van der Waals surface area contributed by atoms with Gasteiger partial charge in [0, 0.05) is 19.9 Å². The molecule has 0 fully saturated rings. The van der Waals surface area contributed by atoms with Gasteiger partial charge in [0.15, 0.2) is 0 Å². The molecule has 0 saturated heterocycles. The van der Waals surface area contributed by atoms with Gasteiger partial charge >= 0.3 is 0 Å². The summed E-state index contributed by atoms with van der Waals surface area (Å²) in [6.45, 7) is 2.35. The van der Waals surface area contributed by atoms with E-state index >= 15 is 0 Å². The molecular weight excluding hydrogens is 156 g/mol. The average molecular weight is 175 g/mol. The quantitative estimate of drug-likeness (QED) is 0.283. The summed E-state index contributed by atoms with van der Waals surface area (Å²) in [6.07, 6.45) is 5.43. The third-order valence-electron chi connectivity index (χ3n) is 1.50. The van der Waals surface area contributed by atoms with Gasteiger partial charge in [0.25, 0.3) is 0 Å². The van der Waals surface area contributed by atoms with Crippen molar-refractivity contribution < 1.29 is 9.37 Å². The topological polar surface area (TPSA) is 32.1 Å². The van der Waals surface area contributed by atoms with E-state index in [1.807, 2.05) is 14.1 Å². The van der Waals surface area contributed by atoms with Crippen LogP contribution in [0.15, 0.2) is 0 Å². The molecular formula is C9H19N2O+. The van der Waals surface area contributed by atoms with Gasteiger partial charge in [0.1, 0.15) is 20.3 Å². The Morgan fingerprint density at radius 1 is 1.42 bits per heavy atom. The molecule has 1 amide bonds. The number of unbranched alkanes of at least 4 members (excludes halogenated alkanes) is 2. The van der Waals surface area contributed by atoms with Crippen LogP contribution in [0, 0.1) is 0 Å². The molecule has 1 N–H and O–H groups in total. The molecule has 12 heavy (non-hydrogen) atoms. The molecule has 3 heteroatoms. The second-order valence-electron chi connectivity index (χ2n) is 3.12. The van der Waals surface area contributed by atoms with E-state index in [1.165, 1.54) is 0 Å². The van der Waals surface area contributed by atoms with Crippen molar-refractivity contribution in [1.82, 2.24) is 5.32 Å². The van der Waals surface area contributed by atoms with Crippen LogP contribution >= 0.6 is 0 Å². The Morgan fingerprint density at radius 2 is 2.08 bits per heavy atom. The van der Waals surface area contributed by atoms with Crippen molar-refractivity contribution in [3.05, 3.63) is 0 Å². The molecule has 0 atom stereocenters. The van der Waals surface area contributed by atoms with E-state index < -0.39 is 0 Å². The second-order valence-corrected chi connectivity index (χ2v) is 3.12. The van der Waals surface area contributed by atoms with Crippen molar-refractivity contribution in [2.45, 2.75) is 26.2 Å². The zero-order valence-electron chi connectivity index (χ0n) is 8.26. The van der Waals surface area contributed by atoms with Gasteiger partial charge in [-0.1, -0.05) is 0 Å². The van der Waals surface area contributed by atoms with Crippen molar-refractivity contribution in [2.24, 2.45) is 0 Å². The zero-order chi connectivity index (χ0) is 9.40. The van der Waals surface area contributed by atoms with Crippen LogP contribution in [0.5, 0.6) is 0 Å². The number of amides is 1. The number of nitrogens with one attached hydrogen (secondary N) is 1. The lowest BCUT2D eigenvalue weighted by Gasteiger charge is -1.98. The fourth-order valence-electron chi connectivity index (χ4n) is 0.883. The van der Waals surface area contributed by atoms with E-state index in [0.717, 1.165) is 25.8 Å². The Kier molecular flexibility index (Phi) is 6.34. The minimum absolute atomic E-state index is 0.0617. The fraction of sp³-hybridized carbons (Fsp3) is 0.778. The number of hydrogen-bond donors (Lipinski definition) is 1. The van der Waals surface area contributed by atoms with E-state index in [9.17, 15) is 4.79 Å². The molecule has 0 radical (unpaired) electrons.